The van der Waals surface area contributed by atoms with Gasteiger partial charge in [0, 0.05) is 19.3 Å². The summed E-state index contributed by atoms with van der Waals surface area (Å²) in [4.78, 5) is 38.3. The number of esters is 3. The molecular formula is C66H116O6. The number of hydrogen-bond donors (Lipinski definition) is 0. The van der Waals surface area contributed by atoms with E-state index in [-0.39, 0.29) is 31.1 Å². The first kappa shape index (κ1) is 68.8. The smallest absolute Gasteiger partial charge is 0.306 e. The number of rotatable bonds is 56. The molecule has 72 heavy (non-hydrogen) atoms. The molecule has 0 rings (SSSR count). The van der Waals surface area contributed by atoms with E-state index in [1.807, 2.05) is 0 Å². The molecule has 0 N–H and O–H groups in total. The summed E-state index contributed by atoms with van der Waals surface area (Å²) in [6.45, 7) is 6.59. The summed E-state index contributed by atoms with van der Waals surface area (Å²) in [5, 5.41) is 0. The van der Waals surface area contributed by atoms with E-state index >= 15 is 0 Å². The minimum absolute atomic E-state index is 0.0847. The van der Waals surface area contributed by atoms with E-state index in [0.717, 1.165) is 89.9 Å². The zero-order valence-corrected chi connectivity index (χ0v) is 47.7. The number of unbranched alkanes of at least 4 members (excludes halogenated alkanes) is 33. The van der Waals surface area contributed by atoms with E-state index in [4.69, 9.17) is 14.2 Å². The molecule has 0 amide bonds. The Bertz CT molecular complexity index is 1340. The van der Waals surface area contributed by atoms with E-state index in [9.17, 15) is 14.4 Å². The second-order valence-electron chi connectivity index (χ2n) is 20.6. The highest BCUT2D eigenvalue weighted by atomic mass is 16.6. The first-order chi connectivity index (χ1) is 35.5. The molecule has 0 bridgehead atoms. The summed E-state index contributed by atoms with van der Waals surface area (Å²) in [6.07, 6.45) is 77.4. The largest absolute Gasteiger partial charge is 0.462 e. The fourth-order valence-electron chi connectivity index (χ4n) is 8.71. The van der Waals surface area contributed by atoms with Gasteiger partial charge in [0.25, 0.3) is 0 Å². The van der Waals surface area contributed by atoms with E-state index < -0.39 is 6.10 Å². The number of carbonyl (C=O) groups excluding carboxylic acids is 3. The summed E-state index contributed by atoms with van der Waals surface area (Å²) in [7, 11) is 0. The average molecular weight is 1010 g/mol. The Hall–Kier alpha value is -3.15. The highest BCUT2D eigenvalue weighted by molar-refractivity contribution is 5.71. The van der Waals surface area contributed by atoms with Crippen LogP contribution in [0.2, 0.25) is 0 Å². The third kappa shape index (κ3) is 57.7. The van der Waals surface area contributed by atoms with E-state index in [1.165, 1.54) is 180 Å². The first-order valence-corrected chi connectivity index (χ1v) is 30.9. The number of ether oxygens (including phenoxy) is 3. The van der Waals surface area contributed by atoms with Gasteiger partial charge in [0.15, 0.2) is 6.10 Å². The molecule has 0 aliphatic heterocycles. The molecule has 0 unspecified atom stereocenters. The molecular weight excluding hydrogens is 889 g/mol. The predicted molar refractivity (Wildman–Crippen MR) is 311 cm³/mol. The van der Waals surface area contributed by atoms with Crippen molar-refractivity contribution in [1.82, 2.24) is 0 Å². The summed E-state index contributed by atoms with van der Waals surface area (Å²) in [5.74, 6) is -0.897. The molecule has 0 aromatic rings. The lowest BCUT2D eigenvalue weighted by molar-refractivity contribution is -0.167. The SMILES string of the molecule is CCCCC/C=C\C/C=C\C/C=C\CCCCCCCCC(=O)OC[C@@H](COC(=O)CCCCCCC/C=C\CCCCCCCCC)OC(=O)CCCCCCCCCCC/C=C\C/C=C\CCCCC. The van der Waals surface area contributed by atoms with Crippen LogP contribution in [0.1, 0.15) is 310 Å². The second-order valence-corrected chi connectivity index (χ2v) is 20.6. The van der Waals surface area contributed by atoms with Crippen LogP contribution in [0.15, 0.2) is 72.9 Å². The van der Waals surface area contributed by atoms with E-state index in [2.05, 4.69) is 93.7 Å². The number of carbonyl (C=O) groups is 3. The van der Waals surface area contributed by atoms with Crippen LogP contribution in [0.3, 0.4) is 0 Å². The van der Waals surface area contributed by atoms with Gasteiger partial charge < -0.3 is 14.2 Å². The van der Waals surface area contributed by atoms with Crippen molar-refractivity contribution in [3.63, 3.8) is 0 Å². The molecule has 0 aromatic carbocycles. The lowest BCUT2D eigenvalue weighted by atomic mass is 10.1. The van der Waals surface area contributed by atoms with E-state index in [0.29, 0.717) is 19.3 Å². The number of hydrogen-bond acceptors (Lipinski definition) is 6. The molecule has 0 aromatic heterocycles. The molecule has 0 aliphatic carbocycles. The monoisotopic (exact) mass is 1000 g/mol. The Labute approximate surface area is 446 Å². The Balaban J connectivity index is 4.41. The van der Waals surface area contributed by atoms with Crippen molar-refractivity contribution in [2.45, 2.75) is 316 Å². The minimum atomic E-state index is -0.788. The lowest BCUT2D eigenvalue weighted by Crippen LogP contribution is -2.30. The average Bonchev–Trinajstić information content (AvgIpc) is 3.38. The third-order valence-electron chi connectivity index (χ3n) is 13.4. The van der Waals surface area contributed by atoms with Gasteiger partial charge in [-0.2, -0.15) is 0 Å². The van der Waals surface area contributed by atoms with Crippen molar-refractivity contribution in [3.05, 3.63) is 72.9 Å². The Kier molecular flexibility index (Phi) is 57.8. The van der Waals surface area contributed by atoms with Crippen LogP contribution in [0.25, 0.3) is 0 Å². The molecule has 6 heteroatoms. The van der Waals surface area contributed by atoms with Crippen LogP contribution in [0, 0.1) is 0 Å². The molecule has 0 heterocycles. The van der Waals surface area contributed by atoms with Crippen LogP contribution < -0.4 is 0 Å². The summed E-state index contributed by atoms with van der Waals surface area (Å²) < 4.78 is 16.9. The van der Waals surface area contributed by atoms with Crippen molar-refractivity contribution in [1.29, 1.82) is 0 Å². The van der Waals surface area contributed by atoms with Crippen LogP contribution in [-0.4, -0.2) is 37.2 Å². The van der Waals surface area contributed by atoms with Gasteiger partial charge >= 0.3 is 17.9 Å². The molecule has 416 valence electrons. The second kappa shape index (κ2) is 60.4. The van der Waals surface area contributed by atoms with Crippen LogP contribution in [0.5, 0.6) is 0 Å². The van der Waals surface area contributed by atoms with Gasteiger partial charge in [-0.15, -0.1) is 0 Å². The van der Waals surface area contributed by atoms with Crippen molar-refractivity contribution >= 4 is 17.9 Å². The van der Waals surface area contributed by atoms with Crippen molar-refractivity contribution < 1.29 is 28.6 Å². The molecule has 0 saturated heterocycles. The van der Waals surface area contributed by atoms with E-state index in [1.54, 1.807) is 0 Å². The fourth-order valence-corrected chi connectivity index (χ4v) is 8.71. The Morgan fingerprint density at radius 1 is 0.278 bits per heavy atom. The third-order valence-corrected chi connectivity index (χ3v) is 13.4. The fraction of sp³-hybridized carbons (Fsp3) is 0.773. The van der Waals surface area contributed by atoms with Gasteiger partial charge in [0.2, 0.25) is 0 Å². The van der Waals surface area contributed by atoms with Gasteiger partial charge in [-0.05, 0) is 116 Å². The molecule has 0 spiro atoms. The maximum absolute atomic E-state index is 12.9. The molecule has 0 fully saturated rings. The lowest BCUT2D eigenvalue weighted by Gasteiger charge is -2.18. The Morgan fingerprint density at radius 3 is 0.819 bits per heavy atom. The van der Waals surface area contributed by atoms with Crippen molar-refractivity contribution in [2.75, 3.05) is 13.2 Å². The highest BCUT2D eigenvalue weighted by Gasteiger charge is 2.19. The van der Waals surface area contributed by atoms with Gasteiger partial charge in [-0.1, -0.05) is 248 Å². The van der Waals surface area contributed by atoms with Crippen molar-refractivity contribution in [2.24, 2.45) is 0 Å². The summed E-state index contributed by atoms with van der Waals surface area (Å²) >= 11 is 0. The van der Waals surface area contributed by atoms with Crippen LogP contribution in [0.4, 0.5) is 0 Å². The summed E-state index contributed by atoms with van der Waals surface area (Å²) in [5.41, 5.74) is 0. The standard InChI is InChI=1S/C66H116O6/c1-4-7-10-13-16-19-22-25-28-31-33-35-38-41-44-47-50-53-56-59-65(68)71-62-63(61-70-64(67)58-55-52-49-46-43-40-37-30-27-24-21-18-15-12-9-6-3)72-66(69)60-57-54-51-48-45-42-39-36-34-32-29-26-23-20-17-14-11-8-5-2/h16-17,19-20,25-26,28-30,33,35,37,63H,4-15,18,21-24,27,31-32,34,36,38-62H2,1-3H3/b19-16-,20-17-,28-25-,29-26-,35-33-,37-30-/t63-/m1/s1. The topological polar surface area (TPSA) is 78.9 Å². The minimum Gasteiger partial charge on any atom is -0.462 e. The van der Waals surface area contributed by atoms with Gasteiger partial charge in [0.1, 0.15) is 13.2 Å². The van der Waals surface area contributed by atoms with Gasteiger partial charge in [-0.3, -0.25) is 14.4 Å². The molecule has 0 saturated carbocycles. The van der Waals surface area contributed by atoms with Gasteiger partial charge in [-0.25, -0.2) is 0 Å². The molecule has 0 aliphatic rings. The zero-order chi connectivity index (χ0) is 52.2. The highest BCUT2D eigenvalue weighted by Crippen LogP contribution is 2.15. The maximum atomic E-state index is 12.9. The van der Waals surface area contributed by atoms with Crippen LogP contribution >= 0.6 is 0 Å². The molecule has 6 nitrogen and oxygen atoms in total. The first-order valence-electron chi connectivity index (χ1n) is 30.9. The predicted octanol–water partition coefficient (Wildman–Crippen LogP) is 20.9. The van der Waals surface area contributed by atoms with Crippen molar-refractivity contribution in [3.8, 4) is 0 Å². The normalized spacial score (nSPS) is 12.5. The maximum Gasteiger partial charge on any atom is 0.306 e. The summed E-state index contributed by atoms with van der Waals surface area (Å²) in [6, 6.07) is 0. The quantitative estimate of drug-likeness (QED) is 0.0261. The number of allylic oxidation sites excluding steroid dienone is 12. The molecule has 0 radical (unpaired) electrons. The van der Waals surface area contributed by atoms with Crippen LogP contribution in [-0.2, 0) is 28.6 Å². The van der Waals surface area contributed by atoms with Gasteiger partial charge in [0.05, 0.1) is 0 Å². The molecule has 1 atom stereocenters. The zero-order valence-electron chi connectivity index (χ0n) is 47.7. The Morgan fingerprint density at radius 2 is 0.500 bits per heavy atom.